The first-order valence-electron chi connectivity index (χ1n) is 8.27. The van der Waals surface area contributed by atoms with Crippen molar-refractivity contribution >= 4 is 11.5 Å². The van der Waals surface area contributed by atoms with Crippen molar-refractivity contribution in [1.82, 2.24) is 10.2 Å². The standard InChI is InChI=1S/C18H22F2N4O/c1-12-6-7-16(23-22-12)24-9-8-14-13(10-24)4-3-5-15(14)21-11-18(2,25)17(19)20/h3-7,17,21,25H,8-11H2,1-2H3. The minimum Gasteiger partial charge on any atom is -0.382 e. The first-order chi connectivity index (χ1) is 11.9. The molecule has 1 aromatic carbocycles. The maximum Gasteiger partial charge on any atom is 0.268 e. The Bertz CT molecular complexity index is 734. The average molecular weight is 348 g/mol. The van der Waals surface area contributed by atoms with E-state index in [0.29, 0.717) is 6.54 Å². The Morgan fingerprint density at radius 3 is 2.76 bits per heavy atom. The number of alkyl halides is 2. The number of anilines is 2. The smallest absolute Gasteiger partial charge is 0.268 e. The first-order valence-corrected chi connectivity index (χ1v) is 8.27. The quantitative estimate of drug-likeness (QED) is 0.870. The molecule has 0 fully saturated rings. The average Bonchev–Trinajstić information content (AvgIpc) is 2.60. The summed E-state index contributed by atoms with van der Waals surface area (Å²) in [6.45, 7) is 4.29. The molecule has 0 bridgehead atoms. The highest BCUT2D eigenvalue weighted by Crippen LogP contribution is 2.29. The van der Waals surface area contributed by atoms with Crippen molar-refractivity contribution in [1.29, 1.82) is 0 Å². The van der Waals surface area contributed by atoms with Gasteiger partial charge in [0.25, 0.3) is 6.43 Å². The molecule has 0 spiro atoms. The maximum atomic E-state index is 12.8. The maximum absolute atomic E-state index is 12.8. The molecule has 2 N–H and O–H groups in total. The number of rotatable bonds is 5. The number of hydrogen-bond acceptors (Lipinski definition) is 5. The monoisotopic (exact) mass is 348 g/mol. The summed E-state index contributed by atoms with van der Waals surface area (Å²) in [6.07, 6.45) is -2.03. The number of halogens is 2. The minimum absolute atomic E-state index is 0.200. The summed E-state index contributed by atoms with van der Waals surface area (Å²) in [4.78, 5) is 2.15. The normalized spacial score (nSPS) is 16.5. The van der Waals surface area contributed by atoms with E-state index in [-0.39, 0.29) is 6.54 Å². The fourth-order valence-corrected chi connectivity index (χ4v) is 2.88. The summed E-state index contributed by atoms with van der Waals surface area (Å²) in [6, 6.07) is 9.67. The zero-order chi connectivity index (χ0) is 18.0. The van der Waals surface area contributed by atoms with Gasteiger partial charge < -0.3 is 15.3 Å². The first kappa shape index (κ1) is 17.5. The largest absolute Gasteiger partial charge is 0.382 e. The van der Waals surface area contributed by atoms with E-state index < -0.39 is 12.0 Å². The molecule has 0 saturated heterocycles. The van der Waals surface area contributed by atoms with E-state index in [1.165, 1.54) is 0 Å². The van der Waals surface area contributed by atoms with Gasteiger partial charge in [-0.05, 0) is 49.6 Å². The Morgan fingerprint density at radius 1 is 1.28 bits per heavy atom. The van der Waals surface area contributed by atoms with Crippen LogP contribution in [-0.2, 0) is 13.0 Å². The molecule has 0 amide bonds. The molecule has 1 aliphatic heterocycles. The molecule has 1 atom stereocenters. The number of hydrogen-bond donors (Lipinski definition) is 2. The van der Waals surface area contributed by atoms with Crippen LogP contribution in [0.15, 0.2) is 30.3 Å². The second-order valence-corrected chi connectivity index (χ2v) is 6.66. The van der Waals surface area contributed by atoms with Gasteiger partial charge in [-0.2, -0.15) is 5.10 Å². The van der Waals surface area contributed by atoms with Gasteiger partial charge in [0.05, 0.1) is 5.69 Å². The molecular formula is C18H22F2N4O. The fraction of sp³-hybridized carbons (Fsp3) is 0.444. The van der Waals surface area contributed by atoms with E-state index in [1.807, 2.05) is 37.3 Å². The van der Waals surface area contributed by atoms with Gasteiger partial charge in [-0.15, -0.1) is 5.10 Å². The van der Waals surface area contributed by atoms with Crippen molar-refractivity contribution in [3.05, 3.63) is 47.2 Å². The highest BCUT2D eigenvalue weighted by molar-refractivity contribution is 5.58. The van der Waals surface area contributed by atoms with Crippen molar-refractivity contribution in [2.24, 2.45) is 0 Å². The number of aryl methyl sites for hydroxylation is 1. The van der Waals surface area contributed by atoms with Crippen molar-refractivity contribution in [3.8, 4) is 0 Å². The fourth-order valence-electron chi connectivity index (χ4n) is 2.88. The molecule has 1 unspecified atom stereocenters. The van der Waals surface area contributed by atoms with Gasteiger partial charge >= 0.3 is 0 Å². The number of benzene rings is 1. The number of nitrogens with one attached hydrogen (secondary N) is 1. The zero-order valence-corrected chi connectivity index (χ0v) is 14.3. The van der Waals surface area contributed by atoms with Gasteiger partial charge in [0.1, 0.15) is 5.60 Å². The third kappa shape index (κ3) is 3.87. The summed E-state index contributed by atoms with van der Waals surface area (Å²) in [5, 5.41) is 21.0. The molecule has 0 radical (unpaired) electrons. The van der Waals surface area contributed by atoms with Crippen LogP contribution in [0.3, 0.4) is 0 Å². The molecule has 3 rings (SSSR count). The molecule has 7 heteroatoms. The van der Waals surface area contributed by atoms with Gasteiger partial charge in [-0.25, -0.2) is 8.78 Å². The van der Waals surface area contributed by atoms with Gasteiger partial charge in [0.2, 0.25) is 0 Å². The lowest BCUT2D eigenvalue weighted by atomic mass is 9.97. The minimum atomic E-state index is -2.80. The lowest BCUT2D eigenvalue weighted by Crippen LogP contribution is -2.41. The van der Waals surface area contributed by atoms with Crippen molar-refractivity contribution < 1.29 is 13.9 Å². The predicted octanol–water partition coefficient (Wildman–Crippen LogP) is 2.78. The van der Waals surface area contributed by atoms with Crippen LogP contribution in [0.4, 0.5) is 20.3 Å². The van der Waals surface area contributed by atoms with Gasteiger partial charge in [-0.3, -0.25) is 0 Å². The Balaban J connectivity index is 1.75. The van der Waals surface area contributed by atoms with E-state index >= 15 is 0 Å². The van der Waals surface area contributed by atoms with E-state index in [4.69, 9.17) is 0 Å². The van der Waals surface area contributed by atoms with Gasteiger partial charge in [0, 0.05) is 25.3 Å². The SMILES string of the molecule is Cc1ccc(N2CCc3c(cccc3NCC(C)(O)C(F)F)C2)nn1. The molecule has 5 nitrogen and oxygen atoms in total. The van der Waals surface area contributed by atoms with Gasteiger partial charge in [0.15, 0.2) is 5.82 Å². The third-order valence-corrected chi connectivity index (χ3v) is 4.48. The Labute approximate surface area is 145 Å². The molecule has 0 saturated carbocycles. The number of aliphatic hydroxyl groups is 1. The summed E-state index contributed by atoms with van der Waals surface area (Å²) >= 11 is 0. The second kappa shape index (κ2) is 6.92. The molecule has 2 aromatic rings. The van der Waals surface area contributed by atoms with E-state index in [0.717, 1.165) is 48.2 Å². The topological polar surface area (TPSA) is 61.3 Å². The van der Waals surface area contributed by atoms with E-state index in [9.17, 15) is 13.9 Å². The van der Waals surface area contributed by atoms with Crippen LogP contribution in [0, 0.1) is 6.92 Å². The molecule has 0 aliphatic carbocycles. The molecule has 2 heterocycles. The van der Waals surface area contributed by atoms with Crippen LogP contribution >= 0.6 is 0 Å². The zero-order valence-electron chi connectivity index (χ0n) is 14.3. The number of fused-ring (bicyclic) bond motifs is 1. The van der Waals surface area contributed by atoms with Crippen LogP contribution in [0.5, 0.6) is 0 Å². The van der Waals surface area contributed by atoms with Crippen LogP contribution in [0.1, 0.15) is 23.7 Å². The summed E-state index contributed by atoms with van der Waals surface area (Å²) < 4.78 is 25.6. The third-order valence-electron chi connectivity index (χ3n) is 4.48. The summed E-state index contributed by atoms with van der Waals surface area (Å²) in [7, 11) is 0. The Kier molecular flexibility index (Phi) is 4.85. The summed E-state index contributed by atoms with van der Waals surface area (Å²) in [5.74, 6) is 0.829. The number of aromatic nitrogens is 2. The van der Waals surface area contributed by atoms with E-state index in [1.54, 1.807) is 0 Å². The lowest BCUT2D eigenvalue weighted by Gasteiger charge is -2.31. The van der Waals surface area contributed by atoms with Gasteiger partial charge in [-0.1, -0.05) is 12.1 Å². The van der Waals surface area contributed by atoms with Crippen LogP contribution in [0.2, 0.25) is 0 Å². The van der Waals surface area contributed by atoms with Crippen LogP contribution in [-0.4, -0.2) is 40.4 Å². The lowest BCUT2D eigenvalue weighted by molar-refractivity contribution is -0.0732. The van der Waals surface area contributed by atoms with E-state index in [2.05, 4.69) is 20.4 Å². The highest BCUT2D eigenvalue weighted by atomic mass is 19.3. The van der Waals surface area contributed by atoms with Crippen molar-refractivity contribution in [3.63, 3.8) is 0 Å². The molecular weight excluding hydrogens is 326 g/mol. The predicted molar refractivity (Wildman–Crippen MR) is 93.1 cm³/mol. The number of nitrogens with zero attached hydrogens (tertiary/aromatic N) is 3. The Hall–Kier alpha value is -2.28. The van der Waals surface area contributed by atoms with Crippen LogP contribution < -0.4 is 10.2 Å². The van der Waals surface area contributed by atoms with Crippen LogP contribution in [0.25, 0.3) is 0 Å². The highest BCUT2D eigenvalue weighted by Gasteiger charge is 2.32. The molecule has 134 valence electrons. The molecule has 1 aromatic heterocycles. The van der Waals surface area contributed by atoms with Crippen molar-refractivity contribution in [2.75, 3.05) is 23.3 Å². The molecule has 1 aliphatic rings. The Morgan fingerprint density at radius 2 is 2.08 bits per heavy atom. The van der Waals surface area contributed by atoms with Crippen molar-refractivity contribution in [2.45, 2.75) is 38.8 Å². The summed E-state index contributed by atoms with van der Waals surface area (Å²) in [5.41, 5.74) is 1.84. The molecule has 25 heavy (non-hydrogen) atoms. The second-order valence-electron chi connectivity index (χ2n) is 6.66.